The van der Waals surface area contributed by atoms with E-state index in [0.717, 1.165) is 19.6 Å². The zero-order valence-corrected chi connectivity index (χ0v) is 14.2. The average Bonchev–Trinajstić information content (AvgIpc) is 2.92. The van der Waals surface area contributed by atoms with Gasteiger partial charge in [0.25, 0.3) is 0 Å². The summed E-state index contributed by atoms with van der Waals surface area (Å²) >= 11 is 0. The van der Waals surface area contributed by atoms with Crippen LogP contribution in [0, 0.1) is 6.92 Å². The minimum atomic E-state index is 0.933. The van der Waals surface area contributed by atoms with Crippen LogP contribution in [-0.2, 0) is 13.1 Å². The van der Waals surface area contributed by atoms with E-state index >= 15 is 0 Å². The van der Waals surface area contributed by atoms with Crippen molar-refractivity contribution in [3.05, 3.63) is 71.4 Å². The molecule has 2 heteroatoms. The molecule has 1 heterocycles. The van der Waals surface area contributed by atoms with Crippen LogP contribution in [-0.4, -0.2) is 11.1 Å². The number of unbranched alkanes of at least 4 members (excludes halogenated alkanes) is 1. The first-order chi connectivity index (χ1) is 11.3. The van der Waals surface area contributed by atoms with Gasteiger partial charge in [0.05, 0.1) is 0 Å². The lowest BCUT2D eigenvalue weighted by Gasteiger charge is -2.08. The molecule has 3 aromatic rings. The van der Waals surface area contributed by atoms with Crippen LogP contribution in [0.15, 0.2) is 54.7 Å². The molecule has 0 aliphatic carbocycles. The first kappa shape index (κ1) is 15.8. The van der Waals surface area contributed by atoms with Gasteiger partial charge in [-0.25, -0.2) is 0 Å². The van der Waals surface area contributed by atoms with Gasteiger partial charge in [-0.1, -0.05) is 55.8 Å². The van der Waals surface area contributed by atoms with E-state index in [2.05, 4.69) is 78.5 Å². The monoisotopic (exact) mass is 306 g/mol. The van der Waals surface area contributed by atoms with Crippen LogP contribution in [0.4, 0.5) is 0 Å². The lowest BCUT2D eigenvalue weighted by Crippen LogP contribution is -2.14. The van der Waals surface area contributed by atoms with Crippen molar-refractivity contribution in [2.45, 2.75) is 39.8 Å². The van der Waals surface area contributed by atoms with Gasteiger partial charge in [0.2, 0.25) is 0 Å². The largest absolute Gasteiger partial charge is 0.343 e. The number of para-hydroxylation sites is 1. The highest BCUT2D eigenvalue weighted by Crippen LogP contribution is 2.23. The molecule has 0 spiro atoms. The number of aryl methyl sites for hydroxylation is 1. The van der Waals surface area contributed by atoms with Crippen molar-refractivity contribution < 1.29 is 0 Å². The van der Waals surface area contributed by atoms with Gasteiger partial charge < -0.3 is 9.88 Å². The lowest BCUT2D eigenvalue weighted by atomic mass is 10.1. The summed E-state index contributed by atoms with van der Waals surface area (Å²) in [7, 11) is 0. The standard InChI is InChI=1S/C21H26N2/c1-3-4-13-22-14-19-16-23(21-12-8-7-11-20(19)21)15-18-10-6-5-9-17(18)2/h5-12,16,22H,3-4,13-15H2,1-2H3. The Labute approximate surface area is 139 Å². The van der Waals surface area contributed by atoms with Crippen LogP contribution < -0.4 is 5.32 Å². The van der Waals surface area contributed by atoms with Crippen molar-refractivity contribution in [2.75, 3.05) is 6.54 Å². The molecule has 23 heavy (non-hydrogen) atoms. The van der Waals surface area contributed by atoms with E-state index in [9.17, 15) is 0 Å². The minimum absolute atomic E-state index is 0.933. The van der Waals surface area contributed by atoms with Crippen LogP contribution in [0.5, 0.6) is 0 Å². The molecule has 0 bridgehead atoms. The molecule has 2 aromatic carbocycles. The Morgan fingerprint density at radius 1 is 0.957 bits per heavy atom. The molecule has 0 unspecified atom stereocenters. The van der Waals surface area contributed by atoms with Crippen LogP contribution in [0.3, 0.4) is 0 Å². The third-order valence-electron chi connectivity index (χ3n) is 4.50. The molecule has 2 nitrogen and oxygen atoms in total. The molecule has 3 rings (SSSR count). The summed E-state index contributed by atoms with van der Waals surface area (Å²) in [5, 5.41) is 4.94. The Bertz CT molecular complexity index is 770. The van der Waals surface area contributed by atoms with Crippen molar-refractivity contribution in [3.63, 3.8) is 0 Å². The Balaban J connectivity index is 1.87. The second-order valence-electron chi connectivity index (χ2n) is 6.26. The lowest BCUT2D eigenvalue weighted by molar-refractivity contribution is 0.641. The predicted molar refractivity (Wildman–Crippen MR) is 98.8 cm³/mol. The van der Waals surface area contributed by atoms with Crippen molar-refractivity contribution in [1.29, 1.82) is 0 Å². The third-order valence-corrected chi connectivity index (χ3v) is 4.50. The number of benzene rings is 2. The molecule has 1 aromatic heterocycles. The fourth-order valence-corrected chi connectivity index (χ4v) is 3.09. The molecule has 0 radical (unpaired) electrons. The SMILES string of the molecule is CCCCNCc1cn(Cc2ccccc2C)c2ccccc12. The number of hydrogen-bond acceptors (Lipinski definition) is 1. The van der Waals surface area contributed by atoms with Gasteiger partial charge >= 0.3 is 0 Å². The highest BCUT2D eigenvalue weighted by atomic mass is 15.0. The number of fused-ring (bicyclic) bond motifs is 1. The van der Waals surface area contributed by atoms with E-state index in [4.69, 9.17) is 0 Å². The zero-order chi connectivity index (χ0) is 16.1. The van der Waals surface area contributed by atoms with Gasteiger partial charge in [-0.15, -0.1) is 0 Å². The van der Waals surface area contributed by atoms with Crippen molar-refractivity contribution in [1.82, 2.24) is 9.88 Å². The van der Waals surface area contributed by atoms with Gasteiger partial charge in [0.1, 0.15) is 0 Å². The number of nitrogens with one attached hydrogen (secondary N) is 1. The normalized spacial score (nSPS) is 11.2. The fraction of sp³-hybridized carbons (Fsp3) is 0.333. The van der Waals surface area contributed by atoms with Crippen molar-refractivity contribution >= 4 is 10.9 Å². The van der Waals surface area contributed by atoms with Gasteiger partial charge in [-0.2, -0.15) is 0 Å². The number of hydrogen-bond donors (Lipinski definition) is 1. The molecule has 0 saturated carbocycles. The van der Waals surface area contributed by atoms with Crippen LogP contribution in [0.1, 0.15) is 36.5 Å². The molecule has 0 aliphatic rings. The van der Waals surface area contributed by atoms with E-state index in [-0.39, 0.29) is 0 Å². The van der Waals surface area contributed by atoms with Gasteiger partial charge in [0.15, 0.2) is 0 Å². The first-order valence-electron chi connectivity index (χ1n) is 8.61. The second-order valence-corrected chi connectivity index (χ2v) is 6.26. The van der Waals surface area contributed by atoms with Gasteiger partial charge in [-0.3, -0.25) is 0 Å². The van der Waals surface area contributed by atoms with E-state index in [0.29, 0.717) is 0 Å². The summed E-state index contributed by atoms with van der Waals surface area (Å²) in [5.41, 5.74) is 5.46. The number of aromatic nitrogens is 1. The molecule has 0 fully saturated rings. The number of rotatable bonds is 7. The molecular weight excluding hydrogens is 280 g/mol. The Hall–Kier alpha value is -2.06. The van der Waals surface area contributed by atoms with E-state index < -0.39 is 0 Å². The summed E-state index contributed by atoms with van der Waals surface area (Å²) in [6, 6.07) is 17.4. The topological polar surface area (TPSA) is 17.0 Å². The maximum absolute atomic E-state index is 3.57. The van der Waals surface area contributed by atoms with Crippen LogP contribution in [0.2, 0.25) is 0 Å². The maximum Gasteiger partial charge on any atom is 0.0486 e. The van der Waals surface area contributed by atoms with Crippen molar-refractivity contribution in [3.8, 4) is 0 Å². The number of nitrogens with zero attached hydrogens (tertiary/aromatic N) is 1. The smallest absolute Gasteiger partial charge is 0.0486 e. The summed E-state index contributed by atoms with van der Waals surface area (Å²) in [6.45, 7) is 7.39. The first-order valence-corrected chi connectivity index (χ1v) is 8.61. The van der Waals surface area contributed by atoms with Crippen molar-refractivity contribution in [2.24, 2.45) is 0 Å². The fourth-order valence-electron chi connectivity index (χ4n) is 3.09. The summed E-state index contributed by atoms with van der Waals surface area (Å²) < 4.78 is 2.38. The van der Waals surface area contributed by atoms with Gasteiger partial charge in [0, 0.05) is 30.2 Å². The summed E-state index contributed by atoms with van der Waals surface area (Å²) in [4.78, 5) is 0. The predicted octanol–water partition coefficient (Wildman–Crippen LogP) is 4.89. The van der Waals surface area contributed by atoms with E-state index in [1.165, 1.54) is 40.4 Å². The Morgan fingerprint density at radius 3 is 2.57 bits per heavy atom. The second kappa shape index (κ2) is 7.47. The summed E-state index contributed by atoms with van der Waals surface area (Å²) in [5.74, 6) is 0. The molecule has 0 atom stereocenters. The third kappa shape index (κ3) is 3.65. The highest BCUT2D eigenvalue weighted by molar-refractivity contribution is 5.84. The molecule has 120 valence electrons. The van der Waals surface area contributed by atoms with E-state index in [1.807, 2.05) is 0 Å². The quantitative estimate of drug-likeness (QED) is 0.615. The van der Waals surface area contributed by atoms with Crippen LogP contribution in [0.25, 0.3) is 10.9 Å². The molecule has 0 saturated heterocycles. The van der Waals surface area contributed by atoms with Crippen LogP contribution >= 0.6 is 0 Å². The Kier molecular flexibility index (Phi) is 5.14. The minimum Gasteiger partial charge on any atom is -0.343 e. The molecule has 0 aliphatic heterocycles. The molecule has 0 amide bonds. The molecular formula is C21H26N2. The zero-order valence-electron chi connectivity index (χ0n) is 14.2. The average molecular weight is 306 g/mol. The van der Waals surface area contributed by atoms with E-state index in [1.54, 1.807) is 0 Å². The highest BCUT2D eigenvalue weighted by Gasteiger charge is 2.08. The van der Waals surface area contributed by atoms with Gasteiger partial charge in [-0.05, 0) is 42.6 Å². The molecule has 1 N–H and O–H groups in total. The Morgan fingerprint density at radius 2 is 1.74 bits per heavy atom. The maximum atomic E-state index is 3.57. The summed E-state index contributed by atoms with van der Waals surface area (Å²) in [6.07, 6.45) is 4.79.